The lowest BCUT2D eigenvalue weighted by atomic mass is 9.98. The molecular formula is C32H29NO5. The Hall–Kier alpha value is -4.58. The zero-order valence-corrected chi connectivity index (χ0v) is 21.1. The summed E-state index contributed by atoms with van der Waals surface area (Å²) in [6.07, 6.45) is -0.630. The van der Waals surface area contributed by atoms with Crippen LogP contribution in [-0.2, 0) is 22.6 Å². The van der Waals surface area contributed by atoms with Gasteiger partial charge in [-0.3, -0.25) is 0 Å². The minimum Gasteiger partial charge on any atom is -0.489 e. The van der Waals surface area contributed by atoms with Gasteiger partial charge in [-0.25, -0.2) is 9.59 Å². The molecule has 0 saturated heterocycles. The summed E-state index contributed by atoms with van der Waals surface area (Å²) in [5.41, 5.74) is 7.49. The molecule has 1 amide bonds. The molecule has 0 bridgehead atoms. The molecule has 4 aromatic carbocycles. The topological polar surface area (TPSA) is 84.9 Å². The first-order valence-electron chi connectivity index (χ1n) is 12.6. The zero-order valence-electron chi connectivity index (χ0n) is 21.1. The molecule has 1 atom stereocenters. The molecule has 6 heteroatoms. The number of fused-ring (bicyclic) bond motifs is 3. The smallest absolute Gasteiger partial charge is 0.407 e. The fourth-order valence-electron chi connectivity index (χ4n) is 4.87. The Morgan fingerprint density at radius 2 is 1.45 bits per heavy atom. The summed E-state index contributed by atoms with van der Waals surface area (Å²) in [4.78, 5) is 24.5. The van der Waals surface area contributed by atoms with E-state index in [9.17, 15) is 14.7 Å². The Kier molecular flexibility index (Phi) is 7.40. The maximum absolute atomic E-state index is 12.6. The van der Waals surface area contributed by atoms with E-state index in [-0.39, 0.29) is 18.9 Å². The van der Waals surface area contributed by atoms with Crippen molar-refractivity contribution >= 4 is 12.1 Å². The van der Waals surface area contributed by atoms with Crippen LogP contribution in [-0.4, -0.2) is 29.8 Å². The van der Waals surface area contributed by atoms with E-state index in [0.717, 1.165) is 38.9 Å². The molecule has 1 unspecified atom stereocenters. The molecule has 1 aliphatic rings. The lowest BCUT2D eigenvalue weighted by Crippen LogP contribution is -2.42. The Bertz CT molecular complexity index is 1400. The molecule has 0 spiro atoms. The number of carbonyl (C=O) groups is 2. The fraction of sp³-hybridized carbons (Fsp3) is 0.188. The lowest BCUT2D eigenvalue weighted by Gasteiger charge is -2.18. The predicted molar refractivity (Wildman–Crippen MR) is 145 cm³/mol. The van der Waals surface area contributed by atoms with E-state index in [0.29, 0.717) is 12.4 Å². The monoisotopic (exact) mass is 507 g/mol. The third-order valence-electron chi connectivity index (χ3n) is 6.95. The summed E-state index contributed by atoms with van der Waals surface area (Å²) < 4.78 is 11.4. The van der Waals surface area contributed by atoms with Crippen molar-refractivity contribution in [1.29, 1.82) is 0 Å². The lowest BCUT2D eigenvalue weighted by molar-refractivity contribution is -0.139. The van der Waals surface area contributed by atoms with Gasteiger partial charge < -0.3 is 19.9 Å². The first kappa shape index (κ1) is 25.1. The molecular weight excluding hydrogens is 478 g/mol. The largest absolute Gasteiger partial charge is 0.489 e. The Labute approximate surface area is 221 Å². The molecule has 5 rings (SSSR count). The number of carboxylic acid groups (broad SMARTS) is 1. The first-order chi connectivity index (χ1) is 18.5. The van der Waals surface area contributed by atoms with Crippen LogP contribution in [0.5, 0.6) is 5.75 Å². The van der Waals surface area contributed by atoms with Gasteiger partial charge in [0.15, 0.2) is 0 Å². The van der Waals surface area contributed by atoms with Crippen molar-refractivity contribution in [2.24, 2.45) is 0 Å². The second-order valence-electron chi connectivity index (χ2n) is 9.42. The van der Waals surface area contributed by atoms with Crippen LogP contribution in [0.3, 0.4) is 0 Å². The van der Waals surface area contributed by atoms with Gasteiger partial charge in [0.25, 0.3) is 0 Å². The van der Waals surface area contributed by atoms with Gasteiger partial charge in [-0.2, -0.15) is 0 Å². The second kappa shape index (κ2) is 11.2. The van der Waals surface area contributed by atoms with Gasteiger partial charge in [-0.05, 0) is 58.0 Å². The zero-order chi connectivity index (χ0) is 26.5. The van der Waals surface area contributed by atoms with E-state index in [4.69, 9.17) is 9.47 Å². The van der Waals surface area contributed by atoms with Crippen LogP contribution in [0.4, 0.5) is 4.79 Å². The molecule has 4 aromatic rings. The molecule has 6 nitrogen and oxygen atoms in total. The highest BCUT2D eigenvalue weighted by atomic mass is 16.5. The van der Waals surface area contributed by atoms with Gasteiger partial charge in [0.1, 0.15) is 25.0 Å². The Morgan fingerprint density at radius 1 is 0.842 bits per heavy atom. The summed E-state index contributed by atoms with van der Waals surface area (Å²) >= 11 is 0. The number of nitrogens with one attached hydrogen (secondary N) is 1. The van der Waals surface area contributed by atoms with Crippen molar-refractivity contribution in [2.45, 2.75) is 31.9 Å². The van der Waals surface area contributed by atoms with Crippen LogP contribution in [0.1, 0.15) is 33.7 Å². The molecule has 0 radical (unpaired) electrons. The molecule has 0 heterocycles. The quantitative estimate of drug-likeness (QED) is 0.286. The van der Waals surface area contributed by atoms with Crippen molar-refractivity contribution in [3.05, 3.63) is 125 Å². The van der Waals surface area contributed by atoms with Crippen LogP contribution in [0.25, 0.3) is 11.1 Å². The van der Waals surface area contributed by atoms with Gasteiger partial charge in [0.2, 0.25) is 0 Å². The third-order valence-corrected chi connectivity index (χ3v) is 6.95. The summed E-state index contributed by atoms with van der Waals surface area (Å²) in [6, 6.07) is 30.3. The van der Waals surface area contributed by atoms with Crippen molar-refractivity contribution in [3.8, 4) is 16.9 Å². The second-order valence-corrected chi connectivity index (χ2v) is 9.42. The average molecular weight is 508 g/mol. The summed E-state index contributed by atoms with van der Waals surface area (Å²) in [6.45, 7) is 2.61. The van der Waals surface area contributed by atoms with Gasteiger partial charge in [-0.15, -0.1) is 0 Å². The highest BCUT2D eigenvalue weighted by Crippen LogP contribution is 2.44. The van der Waals surface area contributed by atoms with Crippen LogP contribution in [0, 0.1) is 6.92 Å². The number of alkyl carbamates (subject to hydrolysis) is 1. The SMILES string of the molecule is Cc1ccccc1COc1ccc(CC(NC(=O)OCC2c3ccccc3-c3ccccc32)C(=O)O)cc1. The van der Waals surface area contributed by atoms with Crippen molar-refractivity contribution in [3.63, 3.8) is 0 Å². The van der Waals surface area contributed by atoms with E-state index < -0.39 is 18.1 Å². The van der Waals surface area contributed by atoms with Crippen LogP contribution >= 0.6 is 0 Å². The van der Waals surface area contributed by atoms with Gasteiger partial charge in [-0.1, -0.05) is 84.9 Å². The van der Waals surface area contributed by atoms with E-state index in [1.54, 1.807) is 12.1 Å². The molecule has 0 aliphatic heterocycles. The van der Waals surface area contributed by atoms with Crippen LogP contribution in [0.2, 0.25) is 0 Å². The van der Waals surface area contributed by atoms with Crippen LogP contribution < -0.4 is 10.1 Å². The number of amides is 1. The first-order valence-corrected chi connectivity index (χ1v) is 12.6. The van der Waals surface area contributed by atoms with Gasteiger partial charge in [0.05, 0.1) is 0 Å². The summed E-state index contributed by atoms with van der Waals surface area (Å²) in [7, 11) is 0. The molecule has 38 heavy (non-hydrogen) atoms. The Balaban J connectivity index is 1.17. The number of ether oxygens (including phenoxy) is 2. The van der Waals surface area contributed by atoms with Gasteiger partial charge in [0, 0.05) is 12.3 Å². The van der Waals surface area contributed by atoms with Crippen molar-refractivity contribution < 1.29 is 24.2 Å². The highest BCUT2D eigenvalue weighted by molar-refractivity contribution is 5.81. The molecule has 0 saturated carbocycles. The maximum atomic E-state index is 12.6. The van der Waals surface area contributed by atoms with Crippen LogP contribution in [0.15, 0.2) is 97.1 Å². The minimum atomic E-state index is -1.13. The highest BCUT2D eigenvalue weighted by Gasteiger charge is 2.29. The third kappa shape index (κ3) is 5.54. The minimum absolute atomic E-state index is 0.0938. The number of benzene rings is 4. The Morgan fingerprint density at radius 3 is 2.08 bits per heavy atom. The molecule has 0 aromatic heterocycles. The van der Waals surface area contributed by atoms with E-state index >= 15 is 0 Å². The number of aliphatic carboxylic acids is 1. The fourth-order valence-corrected chi connectivity index (χ4v) is 4.87. The molecule has 2 N–H and O–H groups in total. The number of hydrogen-bond acceptors (Lipinski definition) is 4. The molecule has 192 valence electrons. The van der Waals surface area contributed by atoms with E-state index in [2.05, 4.69) is 17.4 Å². The number of rotatable bonds is 9. The van der Waals surface area contributed by atoms with Crippen molar-refractivity contribution in [1.82, 2.24) is 5.32 Å². The maximum Gasteiger partial charge on any atom is 0.407 e. The molecule has 0 fully saturated rings. The molecule has 1 aliphatic carbocycles. The number of carboxylic acids is 1. The van der Waals surface area contributed by atoms with Crippen molar-refractivity contribution in [2.75, 3.05) is 6.61 Å². The normalized spacial score (nSPS) is 12.8. The standard InChI is InChI=1S/C32H29NO5/c1-21-8-2-3-9-23(21)19-37-24-16-14-22(15-17-24)18-30(31(34)35)33-32(36)38-20-29-27-12-6-4-10-25(27)26-11-5-7-13-28(26)29/h2-17,29-30H,18-20H2,1H3,(H,33,36)(H,34,35). The number of hydrogen-bond donors (Lipinski definition) is 2. The van der Waals surface area contributed by atoms with E-state index in [1.165, 1.54) is 0 Å². The summed E-state index contributed by atoms with van der Waals surface area (Å²) in [5.74, 6) is -0.532. The average Bonchev–Trinajstić information content (AvgIpc) is 3.25. The predicted octanol–water partition coefficient (Wildman–Crippen LogP) is 6.11. The van der Waals surface area contributed by atoms with Gasteiger partial charge >= 0.3 is 12.1 Å². The number of carbonyl (C=O) groups excluding carboxylic acids is 1. The number of aryl methyl sites for hydroxylation is 1. The van der Waals surface area contributed by atoms with E-state index in [1.807, 2.05) is 79.7 Å². The summed E-state index contributed by atoms with van der Waals surface area (Å²) in [5, 5.41) is 12.2.